The van der Waals surface area contributed by atoms with Crippen LogP contribution in [0.25, 0.3) is 0 Å². The lowest BCUT2D eigenvalue weighted by atomic mass is 10.0. The van der Waals surface area contributed by atoms with Crippen LogP contribution in [0.5, 0.6) is 0 Å². The van der Waals surface area contributed by atoms with Gasteiger partial charge in [-0.15, -0.1) is 0 Å². The maximum absolute atomic E-state index is 13.1. The summed E-state index contributed by atoms with van der Waals surface area (Å²) in [7, 11) is 0. The van der Waals surface area contributed by atoms with Crippen LogP contribution in [0.2, 0.25) is 0 Å². The van der Waals surface area contributed by atoms with Gasteiger partial charge < -0.3 is 15.0 Å². The molecule has 0 bridgehead atoms. The Morgan fingerprint density at radius 2 is 1.71 bits per heavy atom. The number of rotatable bonds is 8. The van der Waals surface area contributed by atoms with Crippen molar-refractivity contribution >= 4 is 11.8 Å². The van der Waals surface area contributed by atoms with Crippen LogP contribution in [-0.4, -0.2) is 42.0 Å². The maximum atomic E-state index is 13.1. The van der Waals surface area contributed by atoms with Crippen molar-refractivity contribution in [3.63, 3.8) is 0 Å². The molecular formula is C23H28N2O3. The summed E-state index contributed by atoms with van der Waals surface area (Å²) in [6.45, 7) is 3.16. The first-order chi connectivity index (χ1) is 13.6. The molecule has 1 fully saturated rings. The molecule has 0 spiro atoms. The molecule has 5 heteroatoms. The first-order valence-corrected chi connectivity index (χ1v) is 9.88. The number of hydrogen-bond acceptors (Lipinski definition) is 3. The van der Waals surface area contributed by atoms with Gasteiger partial charge in [0.25, 0.3) is 0 Å². The Kier molecular flexibility index (Phi) is 7.20. The molecule has 5 nitrogen and oxygen atoms in total. The highest BCUT2D eigenvalue weighted by Crippen LogP contribution is 2.15. The van der Waals surface area contributed by atoms with E-state index in [1.54, 1.807) is 4.90 Å². The van der Waals surface area contributed by atoms with Crippen molar-refractivity contribution in [1.82, 2.24) is 10.2 Å². The lowest BCUT2D eigenvalue weighted by Crippen LogP contribution is -2.51. The van der Waals surface area contributed by atoms with Gasteiger partial charge in [0.1, 0.15) is 6.04 Å². The molecule has 1 aliphatic rings. The second-order valence-electron chi connectivity index (χ2n) is 7.22. The number of benzene rings is 2. The number of carbonyl (C=O) groups is 2. The Morgan fingerprint density at radius 1 is 1.07 bits per heavy atom. The topological polar surface area (TPSA) is 58.6 Å². The van der Waals surface area contributed by atoms with E-state index in [0.29, 0.717) is 19.5 Å². The van der Waals surface area contributed by atoms with Crippen molar-refractivity contribution < 1.29 is 14.3 Å². The van der Waals surface area contributed by atoms with E-state index in [0.717, 1.165) is 30.6 Å². The molecule has 1 aliphatic heterocycles. The molecular weight excluding hydrogens is 352 g/mol. The van der Waals surface area contributed by atoms with E-state index in [1.165, 1.54) is 6.92 Å². The number of nitrogens with one attached hydrogen (secondary N) is 1. The molecule has 0 aromatic heterocycles. The third-order valence-corrected chi connectivity index (χ3v) is 5.08. The summed E-state index contributed by atoms with van der Waals surface area (Å²) < 4.78 is 5.61. The minimum atomic E-state index is -0.568. The molecule has 1 N–H and O–H groups in total. The van der Waals surface area contributed by atoms with Crippen molar-refractivity contribution in [2.24, 2.45) is 0 Å². The molecule has 0 radical (unpaired) electrons. The standard InChI is InChI=1S/C23H28N2O3/c1-18(26)25(17-20-11-6-3-7-12-20)22(15-19-9-4-2-5-10-19)23(27)24-16-21-13-8-14-28-21/h2-7,9-12,21-22H,8,13-17H2,1H3,(H,24,27). The van der Waals surface area contributed by atoms with Crippen molar-refractivity contribution in [1.29, 1.82) is 0 Å². The summed E-state index contributed by atoms with van der Waals surface area (Å²) in [5.41, 5.74) is 2.03. The highest BCUT2D eigenvalue weighted by atomic mass is 16.5. The summed E-state index contributed by atoms with van der Waals surface area (Å²) in [5, 5.41) is 3.01. The van der Waals surface area contributed by atoms with Crippen molar-refractivity contribution in [2.45, 2.75) is 44.9 Å². The molecule has 1 heterocycles. The Balaban J connectivity index is 1.77. The molecule has 2 aromatic carbocycles. The molecule has 3 rings (SSSR count). The summed E-state index contributed by atoms with van der Waals surface area (Å²) in [6.07, 6.45) is 2.54. The van der Waals surface area contributed by atoms with E-state index in [4.69, 9.17) is 4.74 Å². The second-order valence-corrected chi connectivity index (χ2v) is 7.22. The zero-order valence-electron chi connectivity index (χ0n) is 16.3. The van der Waals surface area contributed by atoms with Gasteiger partial charge >= 0.3 is 0 Å². The monoisotopic (exact) mass is 380 g/mol. The summed E-state index contributed by atoms with van der Waals surface area (Å²) in [5.74, 6) is -0.248. The number of carbonyl (C=O) groups excluding carboxylic acids is 2. The molecule has 2 atom stereocenters. The van der Waals surface area contributed by atoms with E-state index >= 15 is 0 Å². The third-order valence-electron chi connectivity index (χ3n) is 5.08. The van der Waals surface area contributed by atoms with Gasteiger partial charge in [0.2, 0.25) is 11.8 Å². The van der Waals surface area contributed by atoms with E-state index in [1.807, 2.05) is 60.7 Å². The summed E-state index contributed by atoms with van der Waals surface area (Å²) in [6, 6.07) is 19.0. The van der Waals surface area contributed by atoms with Gasteiger partial charge in [0.15, 0.2) is 0 Å². The van der Waals surface area contributed by atoms with Crippen LogP contribution in [0.4, 0.5) is 0 Å². The number of amides is 2. The SMILES string of the molecule is CC(=O)N(Cc1ccccc1)C(Cc1ccccc1)C(=O)NCC1CCCO1. The minimum Gasteiger partial charge on any atom is -0.376 e. The molecule has 28 heavy (non-hydrogen) atoms. The summed E-state index contributed by atoms with van der Waals surface area (Å²) >= 11 is 0. The van der Waals surface area contributed by atoms with Gasteiger partial charge in [-0.2, -0.15) is 0 Å². The van der Waals surface area contributed by atoms with Gasteiger partial charge in [-0.3, -0.25) is 9.59 Å². The summed E-state index contributed by atoms with van der Waals surface area (Å²) in [4.78, 5) is 27.2. The smallest absolute Gasteiger partial charge is 0.243 e. The molecule has 2 amide bonds. The normalized spacial score (nSPS) is 17.1. The van der Waals surface area contributed by atoms with Gasteiger partial charge in [-0.1, -0.05) is 60.7 Å². The van der Waals surface area contributed by atoms with Crippen LogP contribution >= 0.6 is 0 Å². The lowest BCUT2D eigenvalue weighted by Gasteiger charge is -2.31. The first-order valence-electron chi connectivity index (χ1n) is 9.88. The lowest BCUT2D eigenvalue weighted by molar-refractivity contribution is -0.139. The van der Waals surface area contributed by atoms with Crippen LogP contribution in [0.3, 0.4) is 0 Å². The molecule has 0 aliphatic carbocycles. The van der Waals surface area contributed by atoms with Gasteiger partial charge in [0.05, 0.1) is 6.10 Å². The quantitative estimate of drug-likeness (QED) is 0.766. The predicted octanol–water partition coefficient (Wildman–Crippen LogP) is 2.94. The van der Waals surface area contributed by atoms with Crippen LogP contribution in [-0.2, 0) is 27.3 Å². The Morgan fingerprint density at radius 3 is 2.29 bits per heavy atom. The van der Waals surface area contributed by atoms with Gasteiger partial charge in [0, 0.05) is 33.0 Å². The fourth-order valence-corrected chi connectivity index (χ4v) is 3.54. The highest BCUT2D eigenvalue weighted by molar-refractivity contribution is 5.87. The van der Waals surface area contributed by atoms with Gasteiger partial charge in [-0.25, -0.2) is 0 Å². The van der Waals surface area contributed by atoms with Crippen molar-refractivity contribution in [3.8, 4) is 0 Å². The van der Waals surface area contributed by atoms with Crippen LogP contribution in [0, 0.1) is 0 Å². The molecule has 148 valence electrons. The minimum absolute atomic E-state index is 0.0706. The Labute approximate surface area is 166 Å². The average Bonchev–Trinajstić information content (AvgIpc) is 3.24. The van der Waals surface area contributed by atoms with E-state index in [2.05, 4.69) is 5.32 Å². The maximum Gasteiger partial charge on any atom is 0.243 e. The average molecular weight is 380 g/mol. The highest BCUT2D eigenvalue weighted by Gasteiger charge is 2.29. The molecule has 2 aromatic rings. The van der Waals surface area contributed by atoms with Crippen LogP contribution < -0.4 is 5.32 Å². The zero-order valence-corrected chi connectivity index (χ0v) is 16.3. The largest absolute Gasteiger partial charge is 0.376 e. The van der Waals surface area contributed by atoms with E-state index in [9.17, 15) is 9.59 Å². The Bertz CT molecular complexity index is 758. The van der Waals surface area contributed by atoms with Crippen molar-refractivity contribution in [3.05, 3.63) is 71.8 Å². The van der Waals surface area contributed by atoms with Crippen LogP contribution in [0.15, 0.2) is 60.7 Å². The van der Waals surface area contributed by atoms with E-state index in [-0.39, 0.29) is 17.9 Å². The second kappa shape index (κ2) is 10.0. The molecule has 0 saturated carbocycles. The van der Waals surface area contributed by atoms with Crippen LogP contribution in [0.1, 0.15) is 30.9 Å². The van der Waals surface area contributed by atoms with Crippen molar-refractivity contribution in [2.75, 3.05) is 13.2 Å². The first kappa shape index (κ1) is 20.1. The van der Waals surface area contributed by atoms with Gasteiger partial charge in [-0.05, 0) is 24.0 Å². The number of hydrogen-bond donors (Lipinski definition) is 1. The third kappa shape index (κ3) is 5.67. The Hall–Kier alpha value is -2.66. The zero-order chi connectivity index (χ0) is 19.8. The molecule has 1 saturated heterocycles. The fraction of sp³-hybridized carbons (Fsp3) is 0.391. The predicted molar refractivity (Wildman–Crippen MR) is 109 cm³/mol. The number of ether oxygens (including phenoxy) is 1. The fourth-order valence-electron chi connectivity index (χ4n) is 3.54. The number of nitrogens with zero attached hydrogens (tertiary/aromatic N) is 1. The molecule has 2 unspecified atom stereocenters. The van der Waals surface area contributed by atoms with E-state index < -0.39 is 6.04 Å².